The molecule has 0 fully saturated rings. The number of hydrogen-bond donors (Lipinski definition) is 1. The second-order valence-electron chi connectivity index (χ2n) is 4.74. The molecule has 0 saturated carbocycles. The molecule has 2 N–H and O–H groups in total. The molecular weight excluding hydrogens is 206 g/mol. The monoisotopic (exact) mass is 221 g/mol. The van der Waals surface area contributed by atoms with E-state index in [0.29, 0.717) is 0 Å². The maximum Gasteiger partial charge on any atom is 0.111 e. The van der Waals surface area contributed by atoms with E-state index in [1.165, 1.54) is 0 Å². The summed E-state index contributed by atoms with van der Waals surface area (Å²) >= 11 is 1.66. The third-order valence-corrected chi connectivity index (χ3v) is 3.52. The first-order valence-corrected chi connectivity index (χ1v) is 5.76. The van der Waals surface area contributed by atoms with Gasteiger partial charge in [0.05, 0.1) is 22.5 Å². The van der Waals surface area contributed by atoms with E-state index in [1.807, 2.05) is 6.07 Å². The van der Waals surface area contributed by atoms with Crippen LogP contribution in [0.5, 0.6) is 0 Å². The minimum Gasteiger partial charge on any atom is -0.322 e. The first-order chi connectivity index (χ1) is 6.98. The third kappa shape index (κ3) is 2.01. The van der Waals surface area contributed by atoms with Gasteiger partial charge in [0.2, 0.25) is 0 Å². The van der Waals surface area contributed by atoms with Gasteiger partial charge in [-0.25, -0.2) is 4.98 Å². The number of thiazole rings is 1. The molecule has 2 aromatic heterocycles. The predicted molar refractivity (Wildman–Crippen MR) is 63.8 cm³/mol. The minimum absolute atomic E-state index is 0.0186. The Bertz CT molecular complexity index is 437. The van der Waals surface area contributed by atoms with Crippen molar-refractivity contribution in [3.8, 4) is 0 Å². The number of rotatable bonds is 1. The average molecular weight is 221 g/mol. The Labute approximate surface area is 93.4 Å². The minimum atomic E-state index is -0.0186. The Morgan fingerprint density at radius 2 is 2.13 bits per heavy atom. The van der Waals surface area contributed by atoms with Gasteiger partial charge in [0.1, 0.15) is 5.01 Å². The lowest BCUT2D eigenvalue weighted by atomic mass is 9.88. The fourth-order valence-electron chi connectivity index (χ4n) is 1.30. The van der Waals surface area contributed by atoms with Crippen molar-refractivity contribution < 1.29 is 0 Å². The predicted octanol–water partition coefficient (Wildman–Crippen LogP) is 2.74. The Morgan fingerprint density at radius 3 is 2.73 bits per heavy atom. The van der Waals surface area contributed by atoms with Gasteiger partial charge in [-0.1, -0.05) is 20.8 Å². The van der Waals surface area contributed by atoms with Crippen molar-refractivity contribution in [3.63, 3.8) is 0 Å². The summed E-state index contributed by atoms with van der Waals surface area (Å²) in [6, 6.07) is 1.96. The molecule has 0 aliphatic rings. The fourth-order valence-corrected chi connectivity index (χ4v) is 2.48. The Kier molecular flexibility index (Phi) is 2.48. The number of aromatic nitrogens is 2. The van der Waals surface area contributed by atoms with Crippen molar-refractivity contribution in [1.82, 2.24) is 9.97 Å². The van der Waals surface area contributed by atoms with E-state index in [2.05, 4.69) is 30.7 Å². The van der Waals surface area contributed by atoms with Crippen LogP contribution in [0.2, 0.25) is 0 Å². The van der Waals surface area contributed by atoms with Gasteiger partial charge >= 0.3 is 0 Å². The number of nitrogens with two attached hydrogens (primary N) is 1. The number of hydrogen-bond acceptors (Lipinski definition) is 4. The maximum atomic E-state index is 6.16. The van der Waals surface area contributed by atoms with Gasteiger partial charge in [0, 0.05) is 6.20 Å². The van der Waals surface area contributed by atoms with E-state index in [9.17, 15) is 0 Å². The van der Waals surface area contributed by atoms with Crippen molar-refractivity contribution >= 4 is 21.6 Å². The van der Waals surface area contributed by atoms with Crippen molar-refractivity contribution in [1.29, 1.82) is 0 Å². The van der Waals surface area contributed by atoms with Gasteiger partial charge in [-0.3, -0.25) is 4.98 Å². The number of nitrogens with zero attached hydrogens (tertiary/aromatic N) is 2. The van der Waals surface area contributed by atoms with Crippen LogP contribution in [0.3, 0.4) is 0 Å². The van der Waals surface area contributed by atoms with Gasteiger partial charge in [0.25, 0.3) is 0 Å². The first-order valence-electron chi connectivity index (χ1n) is 4.94. The lowest BCUT2D eigenvalue weighted by Crippen LogP contribution is -2.25. The molecule has 2 aromatic rings. The summed E-state index contributed by atoms with van der Waals surface area (Å²) in [6.07, 6.45) is 3.57. The van der Waals surface area contributed by atoms with Crippen LogP contribution in [0, 0.1) is 5.41 Å². The highest BCUT2D eigenvalue weighted by Crippen LogP contribution is 2.34. The molecule has 2 heterocycles. The molecule has 0 aliphatic heterocycles. The molecule has 0 amide bonds. The molecule has 1 atom stereocenters. The zero-order valence-corrected chi connectivity index (χ0v) is 10.0. The highest BCUT2D eigenvalue weighted by atomic mass is 32.1. The molecule has 0 radical (unpaired) electrons. The standard InChI is InChI=1S/C11H15N3S/c1-11(2,3)9(12)10-14-7-6-13-5-4-8(7)15-10/h4-6,9H,12H2,1-3H3. The first kappa shape index (κ1) is 10.5. The molecule has 1 unspecified atom stereocenters. The summed E-state index contributed by atoms with van der Waals surface area (Å²) < 4.78 is 1.15. The summed E-state index contributed by atoms with van der Waals surface area (Å²) in [7, 11) is 0. The fraction of sp³-hybridized carbons (Fsp3) is 0.455. The Morgan fingerprint density at radius 1 is 1.40 bits per heavy atom. The summed E-state index contributed by atoms with van der Waals surface area (Å²) in [4.78, 5) is 8.56. The molecule has 0 bridgehead atoms. The molecule has 0 spiro atoms. The zero-order valence-electron chi connectivity index (χ0n) is 9.19. The summed E-state index contributed by atoms with van der Waals surface area (Å²) in [5.41, 5.74) is 7.15. The largest absolute Gasteiger partial charge is 0.322 e. The summed E-state index contributed by atoms with van der Waals surface area (Å²) in [5.74, 6) is 0. The smallest absolute Gasteiger partial charge is 0.111 e. The zero-order chi connectivity index (χ0) is 11.1. The molecular formula is C11H15N3S. The quantitative estimate of drug-likeness (QED) is 0.805. The van der Waals surface area contributed by atoms with Crippen molar-refractivity contribution in [2.75, 3.05) is 0 Å². The van der Waals surface area contributed by atoms with Gasteiger partial charge in [-0.15, -0.1) is 11.3 Å². The molecule has 4 heteroatoms. The van der Waals surface area contributed by atoms with Crippen molar-refractivity contribution in [3.05, 3.63) is 23.5 Å². The molecule has 0 aromatic carbocycles. The van der Waals surface area contributed by atoms with Crippen LogP contribution in [0.25, 0.3) is 10.2 Å². The molecule has 2 rings (SSSR count). The maximum absolute atomic E-state index is 6.16. The van der Waals surface area contributed by atoms with E-state index >= 15 is 0 Å². The highest BCUT2D eigenvalue weighted by Gasteiger charge is 2.25. The van der Waals surface area contributed by atoms with Crippen LogP contribution in [0.15, 0.2) is 18.5 Å². The molecule has 3 nitrogen and oxygen atoms in total. The van der Waals surface area contributed by atoms with E-state index in [4.69, 9.17) is 5.73 Å². The molecule has 0 aliphatic carbocycles. The van der Waals surface area contributed by atoms with Gasteiger partial charge in [0.15, 0.2) is 0 Å². The van der Waals surface area contributed by atoms with Crippen LogP contribution >= 0.6 is 11.3 Å². The van der Waals surface area contributed by atoms with Gasteiger partial charge < -0.3 is 5.73 Å². The molecule has 0 saturated heterocycles. The lowest BCUT2D eigenvalue weighted by molar-refractivity contribution is 0.326. The Balaban J connectivity index is 2.45. The summed E-state index contributed by atoms with van der Waals surface area (Å²) in [6.45, 7) is 6.38. The number of pyridine rings is 1. The van der Waals surface area contributed by atoms with E-state index in [1.54, 1.807) is 23.7 Å². The second-order valence-corrected chi connectivity index (χ2v) is 5.80. The van der Waals surface area contributed by atoms with Gasteiger partial charge in [-0.2, -0.15) is 0 Å². The average Bonchev–Trinajstić information content (AvgIpc) is 2.58. The van der Waals surface area contributed by atoms with E-state index < -0.39 is 0 Å². The molecule has 15 heavy (non-hydrogen) atoms. The molecule has 80 valence electrons. The normalized spacial score (nSPS) is 14.4. The third-order valence-electron chi connectivity index (χ3n) is 2.41. The van der Waals surface area contributed by atoms with Crippen LogP contribution < -0.4 is 5.73 Å². The Hall–Kier alpha value is -1.00. The van der Waals surface area contributed by atoms with E-state index in [-0.39, 0.29) is 11.5 Å². The van der Waals surface area contributed by atoms with Crippen molar-refractivity contribution in [2.24, 2.45) is 11.1 Å². The highest BCUT2D eigenvalue weighted by molar-refractivity contribution is 7.18. The topological polar surface area (TPSA) is 51.8 Å². The van der Waals surface area contributed by atoms with Crippen LogP contribution in [0.1, 0.15) is 31.8 Å². The SMILES string of the molecule is CC(C)(C)C(N)c1nc2cnccc2s1. The second kappa shape index (κ2) is 3.54. The van der Waals surface area contributed by atoms with Gasteiger partial charge in [-0.05, 0) is 11.5 Å². The van der Waals surface area contributed by atoms with E-state index in [0.717, 1.165) is 15.2 Å². The number of fused-ring (bicyclic) bond motifs is 1. The van der Waals surface area contributed by atoms with Crippen LogP contribution in [-0.2, 0) is 0 Å². The summed E-state index contributed by atoms with van der Waals surface area (Å²) in [5, 5.41) is 0.991. The van der Waals surface area contributed by atoms with Crippen molar-refractivity contribution in [2.45, 2.75) is 26.8 Å². The van der Waals surface area contributed by atoms with Crippen LogP contribution in [-0.4, -0.2) is 9.97 Å². The van der Waals surface area contributed by atoms with Crippen LogP contribution in [0.4, 0.5) is 0 Å². The lowest BCUT2D eigenvalue weighted by Gasteiger charge is -2.24.